The zero-order valence-electron chi connectivity index (χ0n) is 17.5. The third-order valence-electron chi connectivity index (χ3n) is 5.30. The fourth-order valence-electron chi connectivity index (χ4n) is 3.90. The Morgan fingerprint density at radius 2 is 1.59 bits per heavy atom. The monoisotopic (exact) mass is 580 g/mol. The summed E-state index contributed by atoms with van der Waals surface area (Å²) in [6.45, 7) is 0.152. The number of rotatable bonds is 7. The average Bonchev–Trinajstić information content (AvgIpc) is 3.03. The van der Waals surface area contributed by atoms with Crippen molar-refractivity contribution in [1.29, 1.82) is 0 Å². The van der Waals surface area contributed by atoms with Gasteiger partial charge in [-0.15, -0.1) is 0 Å². The summed E-state index contributed by atoms with van der Waals surface area (Å²) >= 11 is 7.07. The normalized spacial score (nSPS) is 12.9. The number of sulfonamides is 1. The van der Waals surface area contributed by atoms with Gasteiger partial charge in [0, 0.05) is 36.8 Å². The first-order chi connectivity index (χ1) is 15.2. The van der Waals surface area contributed by atoms with Crippen LogP contribution in [-0.2, 0) is 16.6 Å². The molecule has 168 valence electrons. The maximum absolute atomic E-state index is 12.5. The lowest BCUT2D eigenvalue weighted by molar-refractivity contribution is 0.166. The molecular weight excluding hydrogens is 560 g/mol. The molecule has 0 bridgehead atoms. The highest BCUT2D eigenvalue weighted by molar-refractivity contribution is 9.10. The second kappa shape index (κ2) is 9.05. The van der Waals surface area contributed by atoms with E-state index in [0.717, 1.165) is 37.0 Å². The van der Waals surface area contributed by atoms with Crippen molar-refractivity contribution in [2.24, 2.45) is 0 Å². The highest BCUT2D eigenvalue weighted by Gasteiger charge is 2.23. The van der Waals surface area contributed by atoms with E-state index in [1.165, 1.54) is 11.4 Å². The van der Waals surface area contributed by atoms with Gasteiger partial charge in [0.1, 0.15) is 5.75 Å². The van der Waals surface area contributed by atoms with E-state index in [1.54, 1.807) is 24.3 Å². The summed E-state index contributed by atoms with van der Waals surface area (Å²) in [5.74, 6) is 0.546. The van der Waals surface area contributed by atoms with Crippen molar-refractivity contribution in [3.63, 3.8) is 0 Å². The van der Waals surface area contributed by atoms with Crippen LogP contribution in [0.3, 0.4) is 0 Å². The van der Waals surface area contributed by atoms with Crippen molar-refractivity contribution in [3.05, 3.63) is 69.6 Å². The molecule has 0 aliphatic heterocycles. The number of halogens is 2. The predicted octanol–water partition coefficient (Wildman–Crippen LogP) is 5.16. The number of ether oxygens (including phenoxy) is 1. The van der Waals surface area contributed by atoms with Crippen LogP contribution < -0.4 is 9.04 Å². The van der Waals surface area contributed by atoms with Gasteiger partial charge in [-0.2, -0.15) is 0 Å². The Morgan fingerprint density at radius 1 is 1.00 bits per heavy atom. The molecule has 1 atom stereocenters. The number of anilines is 1. The SMILES string of the molecule is COc1cccc(N(CC(O)Cn2c3ccc(Br)cc3c3cc(Br)ccc32)S(C)(=O)=O)c1. The molecule has 4 aromatic rings. The van der Waals surface area contributed by atoms with E-state index in [0.29, 0.717) is 11.4 Å². The molecule has 6 nitrogen and oxygen atoms in total. The Labute approximate surface area is 203 Å². The molecule has 4 rings (SSSR count). The quantitative estimate of drug-likeness (QED) is 0.327. The lowest BCUT2D eigenvalue weighted by atomic mass is 10.2. The number of nitrogens with zero attached hydrogens (tertiary/aromatic N) is 2. The lowest BCUT2D eigenvalue weighted by Gasteiger charge is -2.26. The Hall–Kier alpha value is -2.07. The fourth-order valence-corrected chi connectivity index (χ4v) is 5.56. The topological polar surface area (TPSA) is 71.8 Å². The van der Waals surface area contributed by atoms with Gasteiger partial charge in [-0.3, -0.25) is 4.31 Å². The Bertz CT molecular complexity index is 1340. The van der Waals surface area contributed by atoms with Crippen molar-refractivity contribution in [3.8, 4) is 5.75 Å². The first-order valence-electron chi connectivity index (χ1n) is 9.84. The van der Waals surface area contributed by atoms with Gasteiger partial charge in [0.25, 0.3) is 0 Å². The van der Waals surface area contributed by atoms with E-state index in [1.807, 2.05) is 41.0 Å². The lowest BCUT2D eigenvalue weighted by Crippen LogP contribution is -2.38. The van der Waals surface area contributed by atoms with Crippen LogP contribution in [0.5, 0.6) is 5.75 Å². The molecule has 0 saturated carbocycles. The number of fused-ring (bicyclic) bond motifs is 3. The molecule has 0 radical (unpaired) electrons. The van der Waals surface area contributed by atoms with Crippen LogP contribution in [0.25, 0.3) is 21.8 Å². The van der Waals surface area contributed by atoms with E-state index in [9.17, 15) is 13.5 Å². The molecule has 1 aromatic heterocycles. The second-order valence-electron chi connectivity index (χ2n) is 7.58. The third-order valence-corrected chi connectivity index (χ3v) is 7.45. The van der Waals surface area contributed by atoms with E-state index in [2.05, 4.69) is 31.9 Å². The Balaban J connectivity index is 1.71. The van der Waals surface area contributed by atoms with Gasteiger partial charge < -0.3 is 14.4 Å². The van der Waals surface area contributed by atoms with Gasteiger partial charge in [-0.25, -0.2) is 8.42 Å². The number of hydrogen-bond acceptors (Lipinski definition) is 4. The van der Waals surface area contributed by atoms with Gasteiger partial charge in [0.15, 0.2) is 0 Å². The van der Waals surface area contributed by atoms with E-state index < -0.39 is 16.1 Å². The second-order valence-corrected chi connectivity index (χ2v) is 11.3. The smallest absolute Gasteiger partial charge is 0.232 e. The zero-order valence-corrected chi connectivity index (χ0v) is 21.5. The average molecular weight is 582 g/mol. The molecule has 0 fully saturated rings. The van der Waals surface area contributed by atoms with Crippen LogP contribution >= 0.6 is 31.9 Å². The highest BCUT2D eigenvalue weighted by Crippen LogP contribution is 2.33. The molecule has 9 heteroatoms. The summed E-state index contributed by atoms with van der Waals surface area (Å²) in [6, 6.07) is 18.8. The Kier molecular flexibility index (Phi) is 6.53. The van der Waals surface area contributed by atoms with Crippen molar-refractivity contribution in [2.75, 3.05) is 24.2 Å². The maximum atomic E-state index is 12.5. The largest absolute Gasteiger partial charge is 0.497 e. The predicted molar refractivity (Wildman–Crippen MR) is 136 cm³/mol. The molecule has 1 unspecified atom stereocenters. The standard InChI is InChI=1S/C23H22Br2N2O4S/c1-31-19-5-3-4-17(12-19)27(32(2,29)30)14-18(28)13-26-22-8-6-15(24)10-20(22)21-11-16(25)7-9-23(21)26/h3-12,18,28H,13-14H2,1-2H3. The molecule has 3 aromatic carbocycles. The molecule has 1 heterocycles. The summed E-state index contributed by atoms with van der Waals surface area (Å²) in [7, 11) is -2.09. The van der Waals surface area contributed by atoms with Crippen LogP contribution in [0.15, 0.2) is 69.6 Å². The first kappa shape index (κ1) is 23.1. The summed E-state index contributed by atoms with van der Waals surface area (Å²) in [5.41, 5.74) is 2.38. The molecular formula is C23H22Br2N2O4S. The maximum Gasteiger partial charge on any atom is 0.232 e. The minimum absolute atomic E-state index is 0.0831. The summed E-state index contributed by atoms with van der Waals surface area (Å²) in [5, 5.41) is 13.1. The van der Waals surface area contributed by atoms with Crippen molar-refractivity contribution < 1.29 is 18.3 Å². The molecule has 0 aliphatic rings. The highest BCUT2D eigenvalue weighted by atomic mass is 79.9. The van der Waals surface area contributed by atoms with Gasteiger partial charge >= 0.3 is 0 Å². The van der Waals surface area contributed by atoms with Crippen molar-refractivity contribution >= 4 is 69.4 Å². The molecule has 0 amide bonds. The van der Waals surface area contributed by atoms with Crippen LogP contribution in [0.2, 0.25) is 0 Å². The van der Waals surface area contributed by atoms with E-state index in [-0.39, 0.29) is 13.1 Å². The molecule has 32 heavy (non-hydrogen) atoms. The number of aromatic nitrogens is 1. The summed E-state index contributed by atoms with van der Waals surface area (Å²) in [6.07, 6.45) is 0.191. The minimum Gasteiger partial charge on any atom is -0.497 e. The molecule has 0 aliphatic carbocycles. The van der Waals surface area contributed by atoms with E-state index >= 15 is 0 Å². The van der Waals surface area contributed by atoms with Crippen LogP contribution in [0.4, 0.5) is 5.69 Å². The number of benzene rings is 3. The van der Waals surface area contributed by atoms with Crippen LogP contribution in [0, 0.1) is 0 Å². The van der Waals surface area contributed by atoms with Gasteiger partial charge in [0.05, 0.1) is 38.2 Å². The number of hydrogen-bond donors (Lipinski definition) is 1. The molecule has 0 spiro atoms. The van der Waals surface area contributed by atoms with Gasteiger partial charge in [0.2, 0.25) is 10.0 Å². The van der Waals surface area contributed by atoms with Crippen molar-refractivity contribution in [1.82, 2.24) is 4.57 Å². The number of aliphatic hydroxyl groups excluding tert-OH is 1. The van der Waals surface area contributed by atoms with E-state index in [4.69, 9.17) is 4.74 Å². The number of methoxy groups -OCH3 is 1. The zero-order chi connectivity index (χ0) is 23.0. The molecule has 0 saturated heterocycles. The Morgan fingerprint density at radius 3 is 2.12 bits per heavy atom. The summed E-state index contributed by atoms with van der Waals surface area (Å²) in [4.78, 5) is 0. The first-order valence-corrected chi connectivity index (χ1v) is 13.3. The fraction of sp³-hybridized carbons (Fsp3) is 0.217. The molecule has 1 N–H and O–H groups in total. The summed E-state index contributed by atoms with van der Waals surface area (Å²) < 4.78 is 35.4. The van der Waals surface area contributed by atoms with Crippen molar-refractivity contribution in [2.45, 2.75) is 12.6 Å². The number of aliphatic hydroxyl groups is 1. The van der Waals surface area contributed by atoms with Crippen LogP contribution in [0.1, 0.15) is 0 Å². The van der Waals surface area contributed by atoms with Gasteiger partial charge in [-0.1, -0.05) is 37.9 Å². The van der Waals surface area contributed by atoms with Crippen LogP contribution in [-0.4, -0.2) is 44.1 Å². The van der Waals surface area contributed by atoms with Gasteiger partial charge in [-0.05, 0) is 48.5 Å². The minimum atomic E-state index is -3.62. The third kappa shape index (κ3) is 4.66.